The quantitative estimate of drug-likeness (QED) is 0.712. The largest absolute Gasteiger partial charge is 0.344 e. The van der Waals surface area contributed by atoms with E-state index < -0.39 is 0 Å². The first-order valence-electron chi connectivity index (χ1n) is 6.39. The van der Waals surface area contributed by atoms with Crippen LogP contribution in [0.5, 0.6) is 0 Å². The van der Waals surface area contributed by atoms with E-state index in [0.717, 1.165) is 25.7 Å². The van der Waals surface area contributed by atoms with Crippen LogP contribution in [0.2, 0.25) is 0 Å². The number of likely N-dealkylation sites (N-methyl/N-ethyl adjacent to an activating group) is 1. The van der Waals surface area contributed by atoms with Crippen LogP contribution in [-0.2, 0) is 9.59 Å². The van der Waals surface area contributed by atoms with Crippen LogP contribution >= 0.6 is 0 Å². The zero-order valence-corrected chi connectivity index (χ0v) is 10.3. The number of rotatable bonds is 2. The second kappa shape index (κ2) is 5.04. The van der Waals surface area contributed by atoms with E-state index in [0.29, 0.717) is 24.9 Å². The summed E-state index contributed by atoms with van der Waals surface area (Å²) in [7, 11) is 1.84. The fraction of sp³-hybridized carbons (Fsp3) is 0.833. The molecule has 0 aromatic heterocycles. The lowest BCUT2D eigenvalue weighted by Crippen LogP contribution is -2.48. The van der Waals surface area contributed by atoms with Crippen LogP contribution in [0.4, 0.5) is 0 Å². The Bertz CT molecular complexity index is 311. The number of nitrogens with two attached hydrogens (primary N) is 1. The maximum Gasteiger partial charge on any atom is 0.245 e. The summed E-state index contributed by atoms with van der Waals surface area (Å²) in [5.41, 5.74) is 5.85. The van der Waals surface area contributed by atoms with E-state index in [-0.39, 0.29) is 17.9 Å². The molecule has 1 aliphatic heterocycles. The van der Waals surface area contributed by atoms with Gasteiger partial charge in [-0.1, -0.05) is 0 Å². The normalized spacial score (nSPS) is 33.3. The third-order valence-corrected chi connectivity index (χ3v) is 3.93. The van der Waals surface area contributed by atoms with Gasteiger partial charge < -0.3 is 16.0 Å². The molecule has 1 unspecified atom stereocenters. The standard InChI is InChI=1S/C12H21N3O2/c1-15(9-4-2-8(13)3-5-9)12(17)10-6-7-11(16)14-10/h8-10H,2-7,13H2,1H3,(H,14,16). The SMILES string of the molecule is CN(C(=O)C1CCC(=O)N1)C1CCC(N)CC1. The molecule has 96 valence electrons. The molecule has 1 aliphatic carbocycles. The Morgan fingerprint density at radius 2 is 1.94 bits per heavy atom. The highest BCUT2D eigenvalue weighted by Crippen LogP contribution is 2.22. The summed E-state index contributed by atoms with van der Waals surface area (Å²) in [4.78, 5) is 25.1. The molecule has 1 saturated carbocycles. The van der Waals surface area contributed by atoms with Crippen LogP contribution in [0.3, 0.4) is 0 Å². The van der Waals surface area contributed by atoms with Gasteiger partial charge in [0.05, 0.1) is 0 Å². The van der Waals surface area contributed by atoms with Crippen LogP contribution in [0, 0.1) is 0 Å². The van der Waals surface area contributed by atoms with Crippen molar-refractivity contribution in [1.82, 2.24) is 10.2 Å². The molecule has 2 fully saturated rings. The van der Waals surface area contributed by atoms with Crippen molar-refractivity contribution in [3.8, 4) is 0 Å². The Morgan fingerprint density at radius 3 is 2.47 bits per heavy atom. The fourth-order valence-corrected chi connectivity index (χ4v) is 2.71. The summed E-state index contributed by atoms with van der Waals surface area (Å²) in [6, 6.07) is 0.281. The first kappa shape index (κ1) is 12.4. The monoisotopic (exact) mass is 239 g/mol. The summed E-state index contributed by atoms with van der Waals surface area (Å²) in [6.45, 7) is 0. The third-order valence-electron chi connectivity index (χ3n) is 3.93. The zero-order chi connectivity index (χ0) is 12.4. The molecule has 2 amide bonds. The van der Waals surface area contributed by atoms with Gasteiger partial charge in [-0.2, -0.15) is 0 Å². The number of nitrogens with one attached hydrogen (secondary N) is 1. The highest BCUT2D eigenvalue weighted by Gasteiger charge is 2.33. The highest BCUT2D eigenvalue weighted by atomic mass is 16.2. The van der Waals surface area contributed by atoms with Crippen molar-refractivity contribution in [2.75, 3.05) is 7.05 Å². The lowest BCUT2D eigenvalue weighted by Gasteiger charge is -2.34. The average molecular weight is 239 g/mol. The van der Waals surface area contributed by atoms with Crippen molar-refractivity contribution >= 4 is 11.8 Å². The molecule has 0 aromatic rings. The maximum absolute atomic E-state index is 12.2. The van der Waals surface area contributed by atoms with Gasteiger partial charge in [0.25, 0.3) is 0 Å². The fourth-order valence-electron chi connectivity index (χ4n) is 2.71. The van der Waals surface area contributed by atoms with Crippen molar-refractivity contribution in [2.45, 2.75) is 56.7 Å². The van der Waals surface area contributed by atoms with E-state index in [1.165, 1.54) is 0 Å². The van der Waals surface area contributed by atoms with Gasteiger partial charge in [-0.25, -0.2) is 0 Å². The van der Waals surface area contributed by atoms with Gasteiger partial charge in [0.1, 0.15) is 6.04 Å². The number of carbonyl (C=O) groups is 2. The molecule has 5 nitrogen and oxygen atoms in total. The Hall–Kier alpha value is -1.10. The number of nitrogens with zero attached hydrogens (tertiary/aromatic N) is 1. The molecule has 1 heterocycles. The van der Waals surface area contributed by atoms with Gasteiger partial charge in [0.2, 0.25) is 11.8 Å². The molecule has 1 atom stereocenters. The molecule has 0 aromatic carbocycles. The van der Waals surface area contributed by atoms with Crippen LogP contribution < -0.4 is 11.1 Å². The van der Waals surface area contributed by atoms with Crippen LogP contribution in [0.1, 0.15) is 38.5 Å². The van der Waals surface area contributed by atoms with Crippen LogP contribution in [-0.4, -0.2) is 41.9 Å². The first-order valence-corrected chi connectivity index (χ1v) is 6.39. The summed E-state index contributed by atoms with van der Waals surface area (Å²) < 4.78 is 0. The predicted octanol–water partition coefficient (Wildman–Crippen LogP) is -0.00670. The van der Waals surface area contributed by atoms with Gasteiger partial charge in [-0.05, 0) is 32.1 Å². The minimum atomic E-state index is -0.303. The molecule has 17 heavy (non-hydrogen) atoms. The van der Waals surface area contributed by atoms with E-state index >= 15 is 0 Å². The highest BCUT2D eigenvalue weighted by molar-refractivity contribution is 5.90. The lowest BCUT2D eigenvalue weighted by molar-refractivity contribution is -0.135. The molecule has 2 aliphatic rings. The molecular formula is C12H21N3O2. The van der Waals surface area contributed by atoms with Crippen molar-refractivity contribution in [2.24, 2.45) is 5.73 Å². The van der Waals surface area contributed by atoms with E-state index in [4.69, 9.17) is 5.73 Å². The van der Waals surface area contributed by atoms with Gasteiger partial charge in [0.15, 0.2) is 0 Å². The van der Waals surface area contributed by atoms with Crippen LogP contribution in [0.25, 0.3) is 0 Å². The van der Waals surface area contributed by atoms with Gasteiger partial charge >= 0.3 is 0 Å². The minimum Gasteiger partial charge on any atom is -0.344 e. The van der Waals surface area contributed by atoms with Crippen molar-refractivity contribution in [3.05, 3.63) is 0 Å². The van der Waals surface area contributed by atoms with Gasteiger partial charge in [-0.3, -0.25) is 9.59 Å². The molecule has 2 rings (SSSR count). The van der Waals surface area contributed by atoms with E-state index in [2.05, 4.69) is 5.32 Å². The second-order valence-corrected chi connectivity index (χ2v) is 5.18. The number of amides is 2. The lowest BCUT2D eigenvalue weighted by atomic mass is 9.90. The van der Waals surface area contributed by atoms with E-state index in [1.807, 2.05) is 11.9 Å². The van der Waals surface area contributed by atoms with Crippen LogP contribution in [0.15, 0.2) is 0 Å². The topological polar surface area (TPSA) is 75.4 Å². The Kier molecular flexibility index (Phi) is 3.66. The molecule has 0 bridgehead atoms. The molecule has 5 heteroatoms. The predicted molar refractivity (Wildman–Crippen MR) is 64.2 cm³/mol. The van der Waals surface area contributed by atoms with Crippen molar-refractivity contribution in [1.29, 1.82) is 0 Å². The van der Waals surface area contributed by atoms with Gasteiger partial charge in [0, 0.05) is 25.6 Å². The first-order chi connectivity index (χ1) is 8.08. The van der Waals surface area contributed by atoms with Crippen molar-refractivity contribution in [3.63, 3.8) is 0 Å². The Morgan fingerprint density at radius 1 is 1.29 bits per heavy atom. The van der Waals surface area contributed by atoms with Crippen molar-refractivity contribution < 1.29 is 9.59 Å². The molecule has 0 radical (unpaired) electrons. The molecule has 0 spiro atoms. The third kappa shape index (κ3) is 2.77. The number of hydrogen-bond acceptors (Lipinski definition) is 3. The summed E-state index contributed by atoms with van der Waals surface area (Å²) >= 11 is 0. The number of carbonyl (C=O) groups excluding carboxylic acids is 2. The Balaban J connectivity index is 1.88. The number of hydrogen-bond donors (Lipinski definition) is 2. The summed E-state index contributed by atoms with van der Waals surface area (Å²) in [6.07, 6.45) is 5.03. The Labute approximate surface area is 102 Å². The van der Waals surface area contributed by atoms with E-state index in [9.17, 15) is 9.59 Å². The second-order valence-electron chi connectivity index (χ2n) is 5.18. The van der Waals surface area contributed by atoms with E-state index in [1.54, 1.807) is 0 Å². The molecule has 1 saturated heterocycles. The summed E-state index contributed by atoms with van der Waals surface area (Å²) in [5, 5.41) is 2.73. The summed E-state index contributed by atoms with van der Waals surface area (Å²) in [5.74, 6) is 0.0405. The maximum atomic E-state index is 12.2. The minimum absolute atomic E-state index is 0.0117. The molecule has 3 N–H and O–H groups in total. The van der Waals surface area contributed by atoms with Gasteiger partial charge in [-0.15, -0.1) is 0 Å². The molecular weight excluding hydrogens is 218 g/mol. The zero-order valence-electron chi connectivity index (χ0n) is 10.3. The smallest absolute Gasteiger partial charge is 0.245 e. The average Bonchev–Trinajstić information content (AvgIpc) is 2.75.